The van der Waals surface area contributed by atoms with Crippen LogP contribution in [0.4, 0.5) is 5.69 Å². The number of nitrogens with two attached hydrogens (primary N) is 2. The predicted molar refractivity (Wildman–Crippen MR) is 102 cm³/mol. The van der Waals surface area contributed by atoms with Gasteiger partial charge < -0.3 is 26.3 Å². The molecule has 2 rings (SSSR count). The molecule has 5 N–H and O–H groups in total. The van der Waals surface area contributed by atoms with E-state index in [0.717, 1.165) is 0 Å². The molecule has 0 fully saturated rings. The first-order valence-corrected chi connectivity index (χ1v) is 7.84. The van der Waals surface area contributed by atoms with Gasteiger partial charge in [-0.25, -0.2) is 0 Å². The van der Waals surface area contributed by atoms with E-state index in [1.807, 2.05) is 0 Å². The van der Waals surface area contributed by atoms with Gasteiger partial charge in [-0.2, -0.15) is 5.10 Å². The number of ether oxygens (including phenoxy) is 2. The molecular weight excluding hydrogens is 358 g/mol. The van der Waals surface area contributed by atoms with Crippen LogP contribution in [0.15, 0.2) is 52.7 Å². The van der Waals surface area contributed by atoms with Gasteiger partial charge in [0, 0.05) is 0 Å². The van der Waals surface area contributed by atoms with Gasteiger partial charge in [-0.15, -0.1) is 5.10 Å². The van der Waals surface area contributed by atoms with Crippen LogP contribution >= 0.6 is 11.6 Å². The third-order valence-corrected chi connectivity index (χ3v) is 3.40. The van der Waals surface area contributed by atoms with Crippen molar-refractivity contribution in [2.24, 2.45) is 21.7 Å². The number of anilines is 1. The van der Waals surface area contributed by atoms with Crippen molar-refractivity contribution in [1.29, 1.82) is 0 Å². The zero-order valence-corrected chi connectivity index (χ0v) is 14.7. The largest absolute Gasteiger partial charge is 0.493 e. The molecule has 0 saturated carbocycles. The number of nitrogens with one attached hydrogen (secondary N) is 1. The molecule has 8 nitrogen and oxygen atoms in total. The number of carbonyl (C=O) groups is 1. The van der Waals surface area contributed by atoms with Gasteiger partial charge in [0.05, 0.1) is 24.0 Å². The highest BCUT2D eigenvalue weighted by atomic mass is 35.5. The summed E-state index contributed by atoms with van der Waals surface area (Å²) in [6, 6.07) is 12.0. The molecule has 0 aromatic heterocycles. The van der Waals surface area contributed by atoms with Gasteiger partial charge in [0.25, 0.3) is 5.91 Å². The second kappa shape index (κ2) is 9.28. The van der Waals surface area contributed by atoms with Crippen LogP contribution in [0.5, 0.6) is 11.5 Å². The first-order chi connectivity index (χ1) is 12.5. The summed E-state index contributed by atoms with van der Waals surface area (Å²) in [5, 5.41) is 10.3. The van der Waals surface area contributed by atoms with Crippen LogP contribution < -0.4 is 26.3 Å². The average molecular weight is 376 g/mol. The molecule has 0 atom stereocenters. The average Bonchev–Trinajstić information content (AvgIpc) is 2.62. The molecule has 0 aliphatic heterocycles. The number of benzene rings is 2. The maximum atomic E-state index is 12.0. The van der Waals surface area contributed by atoms with E-state index in [2.05, 4.69) is 15.5 Å². The van der Waals surface area contributed by atoms with Gasteiger partial charge in [0.15, 0.2) is 18.1 Å². The molecule has 0 saturated heterocycles. The maximum absolute atomic E-state index is 12.0. The molecule has 26 heavy (non-hydrogen) atoms. The van der Waals surface area contributed by atoms with Gasteiger partial charge >= 0.3 is 0 Å². The molecule has 2 aromatic rings. The van der Waals surface area contributed by atoms with E-state index in [-0.39, 0.29) is 18.5 Å². The Morgan fingerprint density at radius 1 is 1.23 bits per heavy atom. The van der Waals surface area contributed by atoms with Crippen LogP contribution in [0.25, 0.3) is 0 Å². The molecule has 0 spiro atoms. The van der Waals surface area contributed by atoms with E-state index < -0.39 is 0 Å². The van der Waals surface area contributed by atoms with Crippen LogP contribution in [-0.4, -0.2) is 31.8 Å². The molecule has 0 heterocycles. The first-order valence-electron chi connectivity index (χ1n) is 7.47. The number of para-hydroxylation sites is 1. The molecule has 136 valence electrons. The van der Waals surface area contributed by atoms with Crippen molar-refractivity contribution >= 4 is 35.4 Å². The number of hydrogen-bond acceptors (Lipinski definition) is 5. The van der Waals surface area contributed by atoms with Crippen molar-refractivity contribution in [3.63, 3.8) is 0 Å². The summed E-state index contributed by atoms with van der Waals surface area (Å²) in [6.45, 7) is -0.205. The highest BCUT2D eigenvalue weighted by Crippen LogP contribution is 2.27. The van der Waals surface area contributed by atoms with E-state index in [1.165, 1.54) is 13.3 Å². The Hall–Kier alpha value is -3.26. The van der Waals surface area contributed by atoms with Gasteiger partial charge in [-0.05, 0) is 35.9 Å². The highest BCUT2D eigenvalue weighted by molar-refractivity contribution is 6.33. The van der Waals surface area contributed by atoms with Gasteiger partial charge in [-0.1, -0.05) is 23.7 Å². The van der Waals surface area contributed by atoms with Crippen molar-refractivity contribution in [3.05, 3.63) is 53.1 Å². The molecule has 2 aromatic carbocycles. The number of amides is 1. The van der Waals surface area contributed by atoms with Gasteiger partial charge in [-0.3, -0.25) is 4.79 Å². The van der Waals surface area contributed by atoms with E-state index in [1.54, 1.807) is 42.5 Å². The number of hydrogen-bond donors (Lipinski definition) is 3. The summed E-state index contributed by atoms with van der Waals surface area (Å²) in [5.74, 6) is 0.348. The normalized spacial score (nSPS) is 10.4. The Bertz CT molecular complexity index is 835. The van der Waals surface area contributed by atoms with E-state index in [4.69, 9.17) is 32.5 Å². The Morgan fingerprint density at radius 3 is 2.69 bits per heavy atom. The number of rotatable bonds is 7. The minimum absolute atomic E-state index is 0.141. The molecule has 0 unspecified atom stereocenters. The lowest BCUT2D eigenvalue weighted by molar-refractivity contribution is -0.118. The lowest BCUT2D eigenvalue weighted by Crippen LogP contribution is -2.21. The SMILES string of the molecule is COc1cc(C=NN=C(N)N)ccc1OCC(=O)Nc1ccccc1Cl. The zero-order valence-electron chi connectivity index (χ0n) is 14.0. The summed E-state index contributed by atoms with van der Waals surface area (Å²) in [7, 11) is 1.49. The second-order valence-corrected chi connectivity index (χ2v) is 5.40. The smallest absolute Gasteiger partial charge is 0.262 e. The quantitative estimate of drug-likeness (QED) is 0.387. The topological polar surface area (TPSA) is 124 Å². The van der Waals surface area contributed by atoms with E-state index in [9.17, 15) is 4.79 Å². The molecule has 0 bridgehead atoms. The molecule has 9 heteroatoms. The van der Waals surface area contributed by atoms with Gasteiger partial charge in [0.2, 0.25) is 5.96 Å². The minimum atomic E-state index is -0.349. The van der Waals surface area contributed by atoms with E-state index >= 15 is 0 Å². The molecular formula is C17H18ClN5O3. The van der Waals surface area contributed by atoms with Crippen LogP contribution in [0.1, 0.15) is 5.56 Å². The van der Waals surface area contributed by atoms with Crippen molar-refractivity contribution in [3.8, 4) is 11.5 Å². The van der Waals surface area contributed by atoms with Crippen LogP contribution in [0, 0.1) is 0 Å². The number of nitrogens with zero attached hydrogens (tertiary/aromatic N) is 2. The summed E-state index contributed by atoms with van der Waals surface area (Å²) < 4.78 is 10.8. The Morgan fingerprint density at radius 2 is 2.00 bits per heavy atom. The number of carbonyl (C=O) groups excluding carboxylic acids is 1. The zero-order chi connectivity index (χ0) is 18.9. The first kappa shape index (κ1) is 19.1. The summed E-state index contributed by atoms with van der Waals surface area (Å²) in [4.78, 5) is 12.0. The minimum Gasteiger partial charge on any atom is -0.493 e. The van der Waals surface area contributed by atoms with Crippen LogP contribution in [-0.2, 0) is 4.79 Å². The predicted octanol–water partition coefficient (Wildman–Crippen LogP) is 1.97. The van der Waals surface area contributed by atoms with Crippen molar-refractivity contribution in [2.75, 3.05) is 19.0 Å². The molecule has 0 aliphatic carbocycles. The summed E-state index contributed by atoms with van der Waals surface area (Å²) in [6.07, 6.45) is 1.45. The van der Waals surface area contributed by atoms with Crippen molar-refractivity contribution < 1.29 is 14.3 Å². The number of guanidine groups is 1. The summed E-state index contributed by atoms with van der Waals surface area (Å²) >= 11 is 6.00. The van der Waals surface area contributed by atoms with Crippen molar-refractivity contribution in [2.45, 2.75) is 0 Å². The summed E-state index contributed by atoms with van der Waals surface area (Å²) in [5.41, 5.74) is 11.6. The Labute approximate surface area is 155 Å². The van der Waals surface area contributed by atoms with Crippen LogP contribution in [0.3, 0.4) is 0 Å². The van der Waals surface area contributed by atoms with Crippen LogP contribution in [0.2, 0.25) is 5.02 Å². The Balaban J connectivity index is 2.00. The standard InChI is InChI=1S/C17H18ClN5O3/c1-25-15-8-11(9-21-23-17(19)20)6-7-14(15)26-10-16(24)22-13-5-3-2-4-12(13)18/h2-9H,10H2,1H3,(H,22,24)(H4,19,20,23). The third kappa shape index (κ3) is 5.67. The Kier molecular flexibility index (Phi) is 6.81. The fourth-order valence-corrected chi connectivity index (χ4v) is 2.12. The highest BCUT2D eigenvalue weighted by Gasteiger charge is 2.10. The van der Waals surface area contributed by atoms with Gasteiger partial charge in [0.1, 0.15) is 0 Å². The third-order valence-electron chi connectivity index (χ3n) is 3.07. The van der Waals surface area contributed by atoms with E-state index in [0.29, 0.717) is 27.8 Å². The molecule has 0 radical (unpaired) electrons. The fraction of sp³-hybridized carbons (Fsp3) is 0.118. The lowest BCUT2D eigenvalue weighted by Gasteiger charge is -2.12. The fourth-order valence-electron chi connectivity index (χ4n) is 1.94. The molecule has 1 amide bonds. The lowest BCUT2D eigenvalue weighted by atomic mass is 10.2. The second-order valence-electron chi connectivity index (χ2n) is 5.00. The molecule has 0 aliphatic rings. The monoisotopic (exact) mass is 375 g/mol. The van der Waals surface area contributed by atoms with Crippen molar-refractivity contribution in [1.82, 2.24) is 0 Å². The maximum Gasteiger partial charge on any atom is 0.262 e. The number of methoxy groups -OCH3 is 1. The number of halogens is 1.